The Hall–Kier alpha value is -1.69. The summed E-state index contributed by atoms with van der Waals surface area (Å²) < 4.78 is 0. The number of ketones is 1. The van der Waals surface area contributed by atoms with Gasteiger partial charge in [0.1, 0.15) is 11.5 Å². The fourth-order valence-corrected chi connectivity index (χ4v) is 0.926. The Morgan fingerprint density at radius 2 is 2.14 bits per heavy atom. The van der Waals surface area contributed by atoms with Crippen LogP contribution < -0.4 is 5.32 Å². The SMILES string of the molecule is O=CNc1cccc(C(=O)C(=O)S)n1. The van der Waals surface area contributed by atoms with Crippen molar-refractivity contribution < 1.29 is 14.4 Å². The fourth-order valence-electron chi connectivity index (χ4n) is 0.811. The molecule has 1 aromatic heterocycles. The summed E-state index contributed by atoms with van der Waals surface area (Å²) in [6, 6.07) is 4.36. The van der Waals surface area contributed by atoms with Gasteiger partial charge in [-0.3, -0.25) is 14.4 Å². The first kappa shape index (κ1) is 10.4. The topological polar surface area (TPSA) is 76.1 Å². The minimum atomic E-state index is -0.888. The number of thiol groups is 1. The van der Waals surface area contributed by atoms with Gasteiger partial charge in [-0.2, -0.15) is 0 Å². The maximum Gasteiger partial charge on any atom is 0.258 e. The monoisotopic (exact) mass is 210 g/mol. The number of pyridine rings is 1. The van der Waals surface area contributed by atoms with E-state index in [-0.39, 0.29) is 11.5 Å². The van der Waals surface area contributed by atoms with Crippen molar-refractivity contribution >= 4 is 35.8 Å². The normalized spacial score (nSPS) is 9.21. The van der Waals surface area contributed by atoms with Crippen LogP contribution in [0.1, 0.15) is 10.5 Å². The van der Waals surface area contributed by atoms with Gasteiger partial charge >= 0.3 is 0 Å². The van der Waals surface area contributed by atoms with Crippen molar-refractivity contribution in [3.8, 4) is 0 Å². The lowest BCUT2D eigenvalue weighted by Crippen LogP contribution is -2.10. The molecule has 1 amide bonds. The van der Waals surface area contributed by atoms with Gasteiger partial charge in [-0.25, -0.2) is 4.98 Å². The van der Waals surface area contributed by atoms with Crippen molar-refractivity contribution in [2.45, 2.75) is 0 Å². The van der Waals surface area contributed by atoms with Gasteiger partial charge in [0, 0.05) is 0 Å². The van der Waals surface area contributed by atoms with Crippen molar-refractivity contribution in [3.63, 3.8) is 0 Å². The lowest BCUT2D eigenvalue weighted by molar-refractivity contribution is -0.107. The van der Waals surface area contributed by atoms with Crippen LogP contribution in [0.2, 0.25) is 0 Å². The van der Waals surface area contributed by atoms with Crippen molar-refractivity contribution in [1.82, 2.24) is 4.98 Å². The van der Waals surface area contributed by atoms with Crippen molar-refractivity contribution in [1.29, 1.82) is 0 Å². The first-order valence-corrected chi connectivity index (χ1v) is 4.04. The smallest absolute Gasteiger partial charge is 0.258 e. The number of amides is 1. The molecule has 0 unspecified atom stereocenters. The van der Waals surface area contributed by atoms with Crippen LogP contribution in [-0.4, -0.2) is 22.3 Å². The summed E-state index contributed by atoms with van der Waals surface area (Å²) in [7, 11) is 0. The van der Waals surface area contributed by atoms with E-state index in [0.29, 0.717) is 6.41 Å². The third kappa shape index (κ3) is 2.40. The van der Waals surface area contributed by atoms with Crippen LogP contribution in [0, 0.1) is 0 Å². The standard InChI is InChI=1S/C8H6N2O3S/c11-4-9-6-3-1-2-5(10-6)7(12)8(13)14/h1-4H,(H,13,14)(H,9,10,11). The molecule has 0 radical (unpaired) electrons. The number of aromatic nitrogens is 1. The molecule has 14 heavy (non-hydrogen) atoms. The van der Waals surface area contributed by atoms with Gasteiger partial charge in [-0.1, -0.05) is 18.7 Å². The van der Waals surface area contributed by atoms with Crippen LogP contribution >= 0.6 is 12.6 Å². The Labute approximate surface area is 84.9 Å². The Kier molecular flexibility index (Phi) is 3.35. The van der Waals surface area contributed by atoms with Gasteiger partial charge in [0.2, 0.25) is 6.41 Å². The van der Waals surface area contributed by atoms with Crippen LogP contribution in [0.3, 0.4) is 0 Å². The third-order valence-corrected chi connectivity index (χ3v) is 1.59. The molecule has 0 bridgehead atoms. The van der Waals surface area contributed by atoms with Crippen molar-refractivity contribution in [2.75, 3.05) is 5.32 Å². The van der Waals surface area contributed by atoms with E-state index in [0.717, 1.165) is 0 Å². The van der Waals surface area contributed by atoms with Crippen LogP contribution in [0.5, 0.6) is 0 Å². The van der Waals surface area contributed by atoms with E-state index in [1.54, 1.807) is 0 Å². The molecular formula is C8H6N2O3S. The van der Waals surface area contributed by atoms with E-state index >= 15 is 0 Å². The lowest BCUT2D eigenvalue weighted by Gasteiger charge is -1.99. The zero-order valence-corrected chi connectivity index (χ0v) is 7.82. The number of carbonyl (C=O) groups is 3. The second-order valence-electron chi connectivity index (χ2n) is 2.30. The Bertz CT molecular complexity index is 392. The summed E-state index contributed by atoms with van der Waals surface area (Å²) in [4.78, 5) is 35.5. The number of anilines is 1. The maximum atomic E-state index is 11.1. The Balaban J connectivity index is 2.99. The highest BCUT2D eigenvalue weighted by Crippen LogP contribution is 2.05. The molecule has 0 aliphatic heterocycles. The number of hydrogen-bond acceptors (Lipinski definition) is 4. The molecule has 6 heteroatoms. The second kappa shape index (κ2) is 4.52. The van der Waals surface area contributed by atoms with Gasteiger partial charge in [-0.05, 0) is 12.1 Å². The molecule has 1 rings (SSSR count). The molecule has 0 atom stereocenters. The molecule has 5 nitrogen and oxygen atoms in total. The van der Waals surface area contributed by atoms with Crippen molar-refractivity contribution in [3.05, 3.63) is 23.9 Å². The summed E-state index contributed by atoms with van der Waals surface area (Å²) in [5.74, 6) is -0.594. The molecular weight excluding hydrogens is 204 g/mol. The maximum absolute atomic E-state index is 11.1. The molecule has 0 fully saturated rings. The minimum absolute atomic E-state index is 0.0446. The van der Waals surface area contributed by atoms with Gasteiger partial charge in [0.25, 0.3) is 10.9 Å². The van der Waals surface area contributed by atoms with Crippen LogP contribution in [-0.2, 0) is 9.59 Å². The highest BCUT2D eigenvalue weighted by atomic mass is 32.1. The van der Waals surface area contributed by atoms with E-state index in [1.807, 2.05) is 0 Å². The van der Waals surface area contributed by atoms with Crippen molar-refractivity contribution in [2.24, 2.45) is 0 Å². The predicted octanol–water partition coefficient (Wildman–Crippen LogP) is 0.289. The number of carbonyl (C=O) groups excluding carboxylic acids is 3. The van der Waals surface area contributed by atoms with E-state index in [4.69, 9.17) is 0 Å². The van der Waals surface area contributed by atoms with Gasteiger partial charge in [0.15, 0.2) is 0 Å². The lowest BCUT2D eigenvalue weighted by atomic mass is 10.2. The summed E-state index contributed by atoms with van der Waals surface area (Å²) in [6.07, 6.45) is 0.430. The van der Waals surface area contributed by atoms with E-state index in [1.165, 1.54) is 18.2 Å². The summed E-state index contributed by atoms with van der Waals surface area (Å²) >= 11 is 3.37. The Morgan fingerprint density at radius 3 is 2.71 bits per heavy atom. The van der Waals surface area contributed by atoms with Crippen LogP contribution in [0.4, 0.5) is 5.82 Å². The molecule has 0 aliphatic carbocycles. The summed E-state index contributed by atoms with van der Waals surface area (Å²) in [5.41, 5.74) is -0.0446. The van der Waals surface area contributed by atoms with E-state index < -0.39 is 10.9 Å². The highest BCUT2D eigenvalue weighted by molar-refractivity contribution is 7.99. The quantitative estimate of drug-likeness (QED) is 0.324. The zero-order chi connectivity index (χ0) is 10.6. The molecule has 0 saturated carbocycles. The summed E-state index contributed by atoms with van der Waals surface area (Å²) in [5, 5.41) is 1.37. The third-order valence-electron chi connectivity index (χ3n) is 1.38. The number of nitrogens with one attached hydrogen (secondary N) is 1. The number of rotatable bonds is 4. The fraction of sp³-hybridized carbons (Fsp3) is 0. The second-order valence-corrected chi connectivity index (χ2v) is 2.71. The average Bonchev–Trinajstić information content (AvgIpc) is 2.17. The van der Waals surface area contributed by atoms with E-state index in [9.17, 15) is 14.4 Å². The highest BCUT2D eigenvalue weighted by Gasteiger charge is 2.13. The molecule has 0 spiro atoms. The Morgan fingerprint density at radius 1 is 1.43 bits per heavy atom. The molecule has 0 aromatic carbocycles. The molecule has 0 saturated heterocycles. The largest absolute Gasteiger partial charge is 0.313 e. The van der Waals surface area contributed by atoms with Crippen LogP contribution in [0.15, 0.2) is 18.2 Å². The van der Waals surface area contributed by atoms with Gasteiger partial charge in [-0.15, -0.1) is 0 Å². The predicted molar refractivity (Wildman–Crippen MR) is 52.2 cm³/mol. The van der Waals surface area contributed by atoms with Gasteiger partial charge < -0.3 is 5.32 Å². The first-order chi connectivity index (χ1) is 6.65. The minimum Gasteiger partial charge on any atom is -0.313 e. The molecule has 0 aliphatic rings. The summed E-state index contributed by atoms with van der Waals surface area (Å²) in [6.45, 7) is 0. The number of Topliss-reactive ketones (excluding diaryl/α,β-unsaturated/α-hetero) is 1. The number of nitrogens with zero attached hydrogens (tertiary/aromatic N) is 1. The molecule has 1 aromatic rings. The number of hydrogen-bond donors (Lipinski definition) is 2. The average molecular weight is 210 g/mol. The van der Waals surface area contributed by atoms with Gasteiger partial charge in [0.05, 0.1) is 0 Å². The van der Waals surface area contributed by atoms with Crippen LogP contribution in [0.25, 0.3) is 0 Å². The van der Waals surface area contributed by atoms with E-state index in [2.05, 4.69) is 22.9 Å². The first-order valence-electron chi connectivity index (χ1n) is 3.60. The molecule has 1 heterocycles. The zero-order valence-electron chi connectivity index (χ0n) is 6.93. The molecule has 72 valence electrons. The molecule has 1 N–H and O–H groups in total.